The minimum absolute atomic E-state index is 0.0143. The fourth-order valence-corrected chi connectivity index (χ4v) is 1.94. The van der Waals surface area contributed by atoms with Gasteiger partial charge in [-0.25, -0.2) is 14.2 Å². The van der Waals surface area contributed by atoms with E-state index in [9.17, 15) is 14.0 Å². The molecule has 0 fully saturated rings. The molecule has 120 valence electrons. The molecule has 0 saturated carbocycles. The summed E-state index contributed by atoms with van der Waals surface area (Å²) in [5, 5.41) is 0.137. The highest BCUT2D eigenvalue weighted by Crippen LogP contribution is 2.20. The van der Waals surface area contributed by atoms with E-state index in [0.717, 1.165) is 6.07 Å². The number of hydrogen-bond acceptors (Lipinski definition) is 5. The van der Waals surface area contributed by atoms with Crippen molar-refractivity contribution in [1.29, 1.82) is 0 Å². The van der Waals surface area contributed by atoms with E-state index in [1.807, 2.05) is 0 Å². The summed E-state index contributed by atoms with van der Waals surface area (Å²) in [6, 6.07) is 4.97. The molecule has 2 rings (SSSR count). The normalized spacial score (nSPS) is 10.3. The van der Waals surface area contributed by atoms with Crippen LogP contribution in [0.2, 0.25) is 10.2 Å². The first-order chi connectivity index (χ1) is 10.9. The van der Waals surface area contributed by atoms with E-state index < -0.39 is 24.2 Å². The second-order valence-electron chi connectivity index (χ2n) is 4.35. The average Bonchev–Trinajstić information content (AvgIpc) is 2.54. The molecule has 0 atom stereocenters. The summed E-state index contributed by atoms with van der Waals surface area (Å²) in [5.41, 5.74) is 0.108. The number of carbonyl (C=O) groups is 2. The number of pyridine rings is 1. The molecule has 1 aromatic heterocycles. The predicted molar refractivity (Wildman–Crippen MR) is 81.8 cm³/mol. The third kappa shape index (κ3) is 4.18. The number of rotatable bonds is 5. The van der Waals surface area contributed by atoms with Crippen molar-refractivity contribution < 1.29 is 23.5 Å². The second kappa shape index (κ2) is 7.39. The zero-order chi connectivity index (χ0) is 17.0. The zero-order valence-corrected chi connectivity index (χ0v) is 13.3. The van der Waals surface area contributed by atoms with Crippen LogP contribution in [0.3, 0.4) is 0 Å². The Bertz CT molecular complexity index is 767. The van der Waals surface area contributed by atoms with Gasteiger partial charge in [-0.2, -0.15) is 0 Å². The molecule has 0 N–H and O–H groups in total. The van der Waals surface area contributed by atoms with Crippen LogP contribution in [0, 0.1) is 5.82 Å². The number of esters is 1. The summed E-state index contributed by atoms with van der Waals surface area (Å²) >= 11 is 11.4. The Labute approximate surface area is 140 Å². The van der Waals surface area contributed by atoms with Crippen LogP contribution in [0.25, 0.3) is 0 Å². The Morgan fingerprint density at radius 2 is 1.96 bits per heavy atom. The monoisotopic (exact) mass is 357 g/mol. The molecule has 8 heteroatoms. The molecule has 0 radical (unpaired) electrons. The third-order valence-electron chi connectivity index (χ3n) is 2.84. The molecule has 23 heavy (non-hydrogen) atoms. The van der Waals surface area contributed by atoms with Crippen LogP contribution in [-0.4, -0.2) is 30.5 Å². The number of benzene rings is 1. The van der Waals surface area contributed by atoms with Crippen LogP contribution in [-0.2, 0) is 4.74 Å². The van der Waals surface area contributed by atoms with E-state index >= 15 is 0 Å². The largest absolute Gasteiger partial charge is 0.494 e. The molecule has 5 nitrogen and oxygen atoms in total. The summed E-state index contributed by atoms with van der Waals surface area (Å²) in [4.78, 5) is 27.4. The minimum atomic E-state index is -0.793. The summed E-state index contributed by atoms with van der Waals surface area (Å²) in [6.45, 7) is -0.551. The van der Waals surface area contributed by atoms with Gasteiger partial charge in [-0.3, -0.25) is 4.79 Å². The van der Waals surface area contributed by atoms with Crippen molar-refractivity contribution in [2.45, 2.75) is 0 Å². The van der Waals surface area contributed by atoms with Gasteiger partial charge in [-0.1, -0.05) is 23.2 Å². The average molecular weight is 358 g/mol. The smallest absolute Gasteiger partial charge is 0.340 e. The lowest BCUT2D eigenvalue weighted by Crippen LogP contribution is -2.14. The summed E-state index contributed by atoms with van der Waals surface area (Å²) in [7, 11) is 1.31. The van der Waals surface area contributed by atoms with Crippen molar-refractivity contribution in [2.24, 2.45) is 0 Å². The van der Waals surface area contributed by atoms with Gasteiger partial charge in [0.05, 0.1) is 17.7 Å². The van der Waals surface area contributed by atoms with Gasteiger partial charge in [0, 0.05) is 11.8 Å². The van der Waals surface area contributed by atoms with Crippen molar-refractivity contribution in [1.82, 2.24) is 4.98 Å². The first-order valence-corrected chi connectivity index (χ1v) is 7.03. The van der Waals surface area contributed by atoms with E-state index in [4.69, 9.17) is 32.7 Å². The van der Waals surface area contributed by atoms with Crippen LogP contribution in [0.1, 0.15) is 20.7 Å². The van der Waals surface area contributed by atoms with Crippen LogP contribution in [0.5, 0.6) is 5.75 Å². The van der Waals surface area contributed by atoms with Crippen molar-refractivity contribution in [3.63, 3.8) is 0 Å². The summed E-state index contributed by atoms with van der Waals surface area (Å²) in [5.74, 6) is -2.02. The highest BCUT2D eigenvalue weighted by molar-refractivity contribution is 6.41. The number of methoxy groups -OCH3 is 1. The van der Waals surface area contributed by atoms with Gasteiger partial charge in [-0.05, 0) is 24.3 Å². The first kappa shape index (κ1) is 17.2. The molecule has 2 aromatic rings. The quantitative estimate of drug-likeness (QED) is 0.464. The van der Waals surface area contributed by atoms with E-state index in [1.54, 1.807) is 0 Å². The number of hydrogen-bond donors (Lipinski definition) is 0. The van der Waals surface area contributed by atoms with Crippen molar-refractivity contribution in [3.8, 4) is 5.75 Å². The fraction of sp³-hybridized carbons (Fsp3) is 0.133. The van der Waals surface area contributed by atoms with E-state index in [-0.39, 0.29) is 27.1 Å². The van der Waals surface area contributed by atoms with Gasteiger partial charge in [0.1, 0.15) is 5.15 Å². The molecule has 0 spiro atoms. The summed E-state index contributed by atoms with van der Waals surface area (Å²) < 4.78 is 23.1. The van der Waals surface area contributed by atoms with Gasteiger partial charge < -0.3 is 9.47 Å². The van der Waals surface area contributed by atoms with Crippen LogP contribution < -0.4 is 4.74 Å². The Morgan fingerprint density at radius 1 is 1.22 bits per heavy atom. The Morgan fingerprint density at radius 3 is 2.57 bits per heavy atom. The molecule has 0 unspecified atom stereocenters. The lowest BCUT2D eigenvalue weighted by molar-refractivity contribution is 0.0474. The molecule has 1 aromatic carbocycles. The lowest BCUT2D eigenvalue weighted by atomic mass is 10.1. The first-order valence-electron chi connectivity index (χ1n) is 6.27. The molecule has 1 heterocycles. The van der Waals surface area contributed by atoms with Gasteiger partial charge >= 0.3 is 5.97 Å². The van der Waals surface area contributed by atoms with Crippen LogP contribution in [0.15, 0.2) is 30.5 Å². The van der Waals surface area contributed by atoms with Crippen LogP contribution in [0.4, 0.5) is 4.39 Å². The third-order valence-corrected chi connectivity index (χ3v) is 3.53. The molecular weight excluding hydrogens is 348 g/mol. The summed E-state index contributed by atoms with van der Waals surface area (Å²) in [6.07, 6.45) is 1.17. The van der Waals surface area contributed by atoms with Crippen molar-refractivity contribution in [2.75, 3.05) is 13.7 Å². The molecule has 0 saturated heterocycles. The number of halogens is 3. The molecule has 0 aliphatic carbocycles. The van der Waals surface area contributed by atoms with Gasteiger partial charge in [0.25, 0.3) is 0 Å². The van der Waals surface area contributed by atoms with E-state index in [0.29, 0.717) is 0 Å². The second-order valence-corrected chi connectivity index (χ2v) is 5.11. The highest BCUT2D eigenvalue weighted by Gasteiger charge is 2.15. The Kier molecular flexibility index (Phi) is 5.52. The number of aromatic nitrogens is 1. The topological polar surface area (TPSA) is 65.5 Å². The van der Waals surface area contributed by atoms with Gasteiger partial charge in [-0.15, -0.1) is 0 Å². The maximum Gasteiger partial charge on any atom is 0.340 e. The maximum atomic E-state index is 13.5. The molecule has 0 aliphatic rings. The highest BCUT2D eigenvalue weighted by atomic mass is 35.5. The van der Waals surface area contributed by atoms with Gasteiger partial charge in [0.2, 0.25) is 0 Å². The SMILES string of the molecule is COc1ccc(C(=O)COC(=O)c2cnc(Cl)c(Cl)c2)cc1F. The van der Waals surface area contributed by atoms with Crippen molar-refractivity contribution in [3.05, 3.63) is 57.6 Å². The molecular formula is C15H10Cl2FNO4. The van der Waals surface area contributed by atoms with E-state index in [1.165, 1.54) is 31.5 Å². The number of Topliss-reactive ketones (excluding diaryl/α,β-unsaturated/α-hetero) is 1. The minimum Gasteiger partial charge on any atom is -0.494 e. The van der Waals surface area contributed by atoms with Gasteiger partial charge in [0.15, 0.2) is 24.0 Å². The standard InChI is InChI=1S/C15H10Cl2FNO4/c1-22-13-3-2-8(5-11(13)18)12(20)7-23-15(21)9-4-10(16)14(17)19-6-9/h2-6H,7H2,1H3. The zero-order valence-electron chi connectivity index (χ0n) is 11.8. The lowest BCUT2D eigenvalue weighted by Gasteiger charge is -2.06. The maximum absolute atomic E-state index is 13.5. The number of ketones is 1. The number of carbonyl (C=O) groups excluding carboxylic acids is 2. The molecule has 0 aliphatic heterocycles. The number of ether oxygens (including phenoxy) is 2. The number of nitrogens with zero attached hydrogens (tertiary/aromatic N) is 1. The van der Waals surface area contributed by atoms with Crippen molar-refractivity contribution >= 4 is 35.0 Å². The van der Waals surface area contributed by atoms with Crippen LogP contribution >= 0.6 is 23.2 Å². The fourth-order valence-electron chi connectivity index (χ4n) is 1.67. The predicted octanol–water partition coefficient (Wildman–Crippen LogP) is 3.58. The molecule has 0 bridgehead atoms. The Balaban J connectivity index is 2.02. The molecule has 0 amide bonds. The Hall–Kier alpha value is -2.18. The van der Waals surface area contributed by atoms with E-state index in [2.05, 4.69) is 4.98 Å².